The number of benzene rings is 2. The molecule has 2 rings (SSSR count). The van der Waals surface area contributed by atoms with Gasteiger partial charge in [0.1, 0.15) is 11.9 Å². The van der Waals surface area contributed by atoms with Crippen LogP contribution >= 0.6 is 0 Å². The Morgan fingerprint density at radius 3 is 2.39 bits per heavy atom. The number of methoxy groups -OCH3 is 1. The second kappa shape index (κ2) is 6.03. The van der Waals surface area contributed by atoms with Crippen molar-refractivity contribution in [2.45, 2.75) is 6.10 Å². The number of aliphatic hydroxyl groups excluding tert-OH is 1. The average molecular weight is 240 g/mol. The molecule has 1 N–H and O–H groups in total. The Morgan fingerprint density at radius 1 is 1.00 bits per heavy atom. The summed E-state index contributed by atoms with van der Waals surface area (Å²) in [5, 5.41) is 10.1. The first-order valence-corrected chi connectivity index (χ1v) is 5.85. The summed E-state index contributed by atoms with van der Waals surface area (Å²) in [6.07, 6.45) is 2.99. The first-order valence-electron chi connectivity index (χ1n) is 5.85. The molecule has 0 radical (unpaired) electrons. The summed E-state index contributed by atoms with van der Waals surface area (Å²) in [4.78, 5) is 0. The van der Waals surface area contributed by atoms with E-state index in [2.05, 4.69) is 0 Å². The zero-order valence-corrected chi connectivity index (χ0v) is 10.3. The van der Waals surface area contributed by atoms with E-state index < -0.39 is 6.10 Å². The minimum absolute atomic E-state index is 0.665. The Labute approximate surface area is 107 Å². The molecule has 2 heteroatoms. The van der Waals surface area contributed by atoms with Gasteiger partial charge >= 0.3 is 0 Å². The molecule has 1 unspecified atom stereocenters. The van der Waals surface area contributed by atoms with Gasteiger partial charge < -0.3 is 9.84 Å². The van der Waals surface area contributed by atoms with Gasteiger partial charge in [-0.3, -0.25) is 0 Å². The smallest absolute Gasteiger partial charge is 0.124 e. The third kappa shape index (κ3) is 2.99. The Morgan fingerprint density at radius 2 is 1.67 bits per heavy atom. The highest BCUT2D eigenvalue weighted by atomic mass is 16.5. The van der Waals surface area contributed by atoms with Crippen molar-refractivity contribution in [2.75, 3.05) is 7.11 Å². The van der Waals surface area contributed by atoms with Crippen LogP contribution in [-0.2, 0) is 0 Å². The van der Waals surface area contributed by atoms with Crippen molar-refractivity contribution in [3.8, 4) is 5.75 Å². The molecule has 0 aliphatic carbocycles. The van der Waals surface area contributed by atoms with Crippen molar-refractivity contribution >= 4 is 6.08 Å². The van der Waals surface area contributed by atoms with Crippen LogP contribution in [0.3, 0.4) is 0 Å². The predicted molar refractivity (Wildman–Crippen MR) is 73.4 cm³/mol. The minimum Gasteiger partial charge on any atom is -0.496 e. The monoisotopic (exact) mass is 240 g/mol. The summed E-state index contributed by atoms with van der Waals surface area (Å²) in [6, 6.07) is 17.4. The quantitative estimate of drug-likeness (QED) is 0.887. The second-order valence-electron chi connectivity index (χ2n) is 3.96. The first-order chi connectivity index (χ1) is 8.81. The summed E-state index contributed by atoms with van der Waals surface area (Å²) < 4.78 is 5.22. The highest BCUT2D eigenvalue weighted by molar-refractivity contribution is 5.51. The Kier molecular flexibility index (Phi) is 4.15. The van der Waals surface area contributed by atoms with Crippen LogP contribution in [0.4, 0.5) is 0 Å². The fraction of sp³-hybridized carbons (Fsp3) is 0.125. The lowest BCUT2D eigenvalue weighted by Gasteiger charge is -2.11. The molecule has 0 heterocycles. The van der Waals surface area contributed by atoms with Crippen LogP contribution in [0.5, 0.6) is 5.75 Å². The number of aliphatic hydroxyl groups is 1. The Bertz CT molecular complexity index is 518. The summed E-state index contributed by atoms with van der Waals surface area (Å²) in [7, 11) is 1.60. The number of para-hydroxylation sites is 1. The number of hydrogen-bond donors (Lipinski definition) is 1. The van der Waals surface area contributed by atoms with Gasteiger partial charge in [0.05, 0.1) is 7.11 Å². The zero-order chi connectivity index (χ0) is 12.8. The lowest BCUT2D eigenvalue weighted by atomic mass is 10.1. The second-order valence-corrected chi connectivity index (χ2v) is 3.96. The normalized spacial score (nSPS) is 12.6. The van der Waals surface area contributed by atoms with Gasteiger partial charge in [0.2, 0.25) is 0 Å². The number of ether oxygens (including phenoxy) is 1. The van der Waals surface area contributed by atoms with E-state index in [1.165, 1.54) is 0 Å². The third-order valence-electron chi connectivity index (χ3n) is 2.73. The van der Waals surface area contributed by atoms with Crippen LogP contribution in [-0.4, -0.2) is 12.2 Å². The van der Waals surface area contributed by atoms with Crippen molar-refractivity contribution in [3.05, 3.63) is 71.8 Å². The molecule has 18 heavy (non-hydrogen) atoms. The molecule has 2 nitrogen and oxygen atoms in total. The van der Waals surface area contributed by atoms with Crippen LogP contribution in [0, 0.1) is 0 Å². The molecular formula is C16H16O2. The van der Waals surface area contributed by atoms with Crippen molar-refractivity contribution in [1.82, 2.24) is 0 Å². The first kappa shape index (κ1) is 12.4. The maximum atomic E-state index is 10.1. The molecule has 0 fully saturated rings. The van der Waals surface area contributed by atoms with Crippen LogP contribution in [0.25, 0.3) is 6.08 Å². The van der Waals surface area contributed by atoms with Crippen molar-refractivity contribution < 1.29 is 9.84 Å². The van der Waals surface area contributed by atoms with E-state index in [9.17, 15) is 5.11 Å². The number of rotatable bonds is 4. The van der Waals surface area contributed by atoms with Gasteiger partial charge in [-0.15, -0.1) is 0 Å². The molecule has 0 saturated carbocycles. The molecule has 2 aromatic rings. The van der Waals surface area contributed by atoms with Gasteiger partial charge in [0.25, 0.3) is 0 Å². The third-order valence-corrected chi connectivity index (χ3v) is 2.73. The SMILES string of the molecule is COc1ccccc1C(O)C=Cc1ccccc1. The Hall–Kier alpha value is -2.06. The Balaban J connectivity index is 2.17. The van der Waals surface area contributed by atoms with E-state index in [4.69, 9.17) is 4.74 Å². The predicted octanol–water partition coefficient (Wildman–Crippen LogP) is 3.44. The zero-order valence-electron chi connectivity index (χ0n) is 10.3. The summed E-state index contributed by atoms with van der Waals surface area (Å²) >= 11 is 0. The van der Waals surface area contributed by atoms with Gasteiger partial charge in [0.15, 0.2) is 0 Å². The summed E-state index contributed by atoms with van der Waals surface area (Å²) in [6.45, 7) is 0. The van der Waals surface area contributed by atoms with Gasteiger partial charge in [-0.05, 0) is 11.6 Å². The van der Waals surface area contributed by atoms with Gasteiger partial charge in [-0.25, -0.2) is 0 Å². The molecule has 0 amide bonds. The topological polar surface area (TPSA) is 29.5 Å². The lowest BCUT2D eigenvalue weighted by Crippen LogP contribution is -1.97. The molecule has 2 aromatic carbocycles. The minimum atomic E-state index is -0.665. The largest absolute Gasteiger partial charge is 0.496 e. The van der Waals surface area contributed by atoms with Crippen LogP contribution < -0.4 is 4.74 Å². The van der Waals surface area contributed by atoms with Gasteiger partial charge in [-0.2, -0.15) is 0 Å². The highest BCUT2D eigenvalue weighted by Crippen LogP contribution is 2.25. The molecule has 0 aliphatic rings. The maximum absolute atomic E-state index is 10.1. The molecule has 0 aliphatic heterocycles. The van der Waals surface area contributed by atoms with Crippen LogP contribution in [0.2, 0.25) is 0 Å². The summed E-state index contributed by atoms with van der Waals surface area (Å²) in [5.74, 6) is 0.697. The van der Waals surface area contributed by atoms with E-state index >= 15 is 0 Å². The maximum Gasteiger partial charge on any atom is 0.124 e. The van der Waals surface area contributed by atoms with Crippen LogP contribution in [0.1, 0.15) is 17.2 Å². The molecule has 0 aromatic heterocycles. The fourth-order valence-electron chi connectivity index (χ4n) is 1.78. The molecule has 0 bridgehead atoms. The van der Waals surface area contributed by atoms with Gasteiger partial charge in [0, 0.05) is 5.56 Å². The molecule has 92 valence electrons. The molecule has 1 atom stereocenters. The molecule has 0 saturated heterocycles. The standard InChI is InChI=1S/C16H16O2/c1-18-16-10-6-5-9-14(16)15(17)12-11-13-7-3-2-4-8-13/h2-12,15,17H,1H3. The van der Waals surface area contributed by atoms with Crippen molar-refractivity contribution in [3.63, 3.8) is 0 Å². The summed E-state index contributed by atoms with van der Waals surface area (Å²) in [5.41, 5.74) is 1.83. The van der Waals surface area contributed by atoms with Crippen LogP contribution in [0.15, 0.2) is 60.7 Å². The highest BCUT2D eigenvalue weighted by Gasteiger charge is 2.08. The average Bonchev–Trinajstić information content (AvgIpc) is 2.45. The van der Waals surface area contributed by atoms with E-state index in [1.807, 2.05) is 60.7 Å². The number of hydrogen-bond acceptors (Lipinski definition) is 2. The van der Waals surface area contributed by atoms with Crippen molar-refractivity contribution in [2.24, 2.45) is 0 Å². The molecular weight excluding hydrogens is 224 g/mol. The molecule has 0 spiro atoms. The lowest BCUT2D eigenvalue weighted by molar-refractivity contribution is 0.223. The van der Waals surface area contributed by atoms with E-state index in [0.29, 0.717) is 5.75 Å². The van der Waals surface area contributed by atoms with E-state index in [0.717, 1.165) is 11.1 Å². The van der Waals surface area contributed by atoms with E-state index in [1.54, 1.807) is 13.2 Å². The fourth-order valence-corrected chi connectivity index (χ4v) is 1.78. The van der Waals surface area contributed by atoms with Crippen molar-refractivity contribution in [1.29, 1.82) is 0 Å². The van der Waals surface area contributed by atoms with Gasteiger partial charge in [-0.1, -0.05) is 60.7 Å². The van der Waals surface area contributed by atoms with E-state index in [-0.39, 0.29) is 0 Å².